The summed E-state index contributed by atoms with van der Waals surface area (Å²) in [4.78, 5) is 23.7. The summed E-state index contributed by atoms with van der Waals surface area (Å²) in [6.45, 7) is 8.07. The Morgan fingerprint density at radius 1 is 1.24 bits per heavy atom. The number of nitrogens with one attached hydrogen (secondary N) is 1. The molecule has 1 aromatic carbocycles. The Bertz CT molecular complexity index is 715. The van der Waals surface area contributed by atoms with Crippen LogP contribution in [0.4, 0.5) is 0 Å². The Kier molecular flexibility index (Phi) is 5.62. The summed E-state index contributed by atoms with van der Waals surface area (Å²) in [5.74, 6) is -1.23. The second kappa shape index (κ2) is 7.51. The van der Waals surface area contributed by atoms with Gasteiger partial charge in [0.25, 0.3) is 0 Å². The number of carbonyl (C=O) groups excluding carboxylic acids is 1. The van der Waals surface area contributed by atoms with Crippen molar-refractivity contribution in [3.05, 3.63) is 53.9 Å². The lowest BCUT2D eigenvalue weighted by Crippen LogP contribution is -2.35. The summed E-state index contributed by atoms with van der Waals surface area (Å²) in [5.41, 5.74) is 1.94. The van der Waals surface area contributed by atoms with E-state index >= 15 is 0 Å². The first-order valence-corrected chi connectivity index (χ1v) is 8.30. The standard InChI is InChI=1S/C19H25N3O3/c1-13(22-11-5-10-20-22)18(25)21-16(12-17(23)24)14-6-8-15(9-7-14)19(2,3)4/h5-11,13,16H,12H2,1-4H3,(H,21,25)(H,23,24). The van der Waals surface area contributed by atoms with E-state index in [4.69, 9.17) is 0 Å². The lowest BCUT2D eigenvalue weighted by Gasteiger charge is -2.23. The predicted octanol–water partition coefficient (Wildman–Crippen LogP) is 3.07. The van der Waals surface area contributed by atoms with E-state index < -0.39 is 18.1 Å². The minimum absolute atomic E-state index is 0.0126. The molecule has 134 valence electrons. The smallest absolute Gasteiger partial charge is 0.305 e. The largest absolute Gasteiger partial charge is 0.481 e. The topological polar surface area (TPSA) is 84.2 Å². The number of benzene rings is 1. The molecule has 0 aliphatic heterocycles. The van der Waals surface area contributed by atoms with Crippen LogP contribution in [0.2, 0.25) is 0 Å². The molecule has 0 saturated carbocycles. The molecule has 6 heteroatoms. The van der Waals surface area contributed by atoms with Crippen molar-refractivity contribution in [2.75, 3.05) is 0 Å². The lowest BCUT2D eigenvalue weighted by atomic mass is 9.86. The molecule has 25 heavy (non-hydrogen) atoms. The molecule has 2 unspecified atom stereocenters. The van der Waals surface area contributed by atoms with E-state index in [9.17, 15) is 14.7 Å². The predicted molar refractivity (Wildman–Crippen MR) is 95.2 cm³/mol. The van der Waals surface area contributed by atoms with Crippen LogP contribution in [0.15, 0.2) is 42.7 Å². The fraction of sp³-hybridized carbons (Fsp3) is 0.421. The van der Waals surface area contributed by atoms with Crippen molar-refractivity contribution in [3.8, 4) is 0 Å². The average molecular weight is 343 g/mol. The number of hydrogen-bond donors (Lipinski definition) is 2. The second-order valence-corrected chi connectivity index (χ2v) is 7.19. The summed E-state index contributed by atoms with van der Waals surface area (Å²) in [5, 5.41) is 16.1. The molecular formula is C19H25N3O3. The zero-order chi connectivity index (χ0) is 18.6. The summed E-state index contributed by atoms with van der Waals surface area (Å²) < 4.78 is 1.54. The number of aromatic nitrogens is 2. The molecule has 0 saturated heterocycles. The Morgan fingerprint density at radius 3 is 2.36 bits per heavy atom. The van der Waals surface area contributed by atoms with Gasteiger partial charge in [0.2, 0.25) is 5.91 Å². The van der Waals surface area contributed by atoms with E-state index in [0.29, 0.717) is 0 Å². The zero-order valence-electron chi connectivity index (χ0n) is 15.1. The van der Waals surface area contributed by atoms with Crippen LogP contribution in [0, 0.1) is 0 Å². The number of hydrogen-bond acceptors (Lipinski definition) is 3. The monoisotopic (exact) mass is 343 g/mol. The Labute approximate surface area is 147 Å². The van der Waals surface area contributed by atoms with Gasteiger partial charge in [0.1, 0.15) is 6.04 Å². The van der Waals surface area contributed by atoms with Crippen molar-refractivity contribution >= 4 is 11.9 Å². The van der Waals surface area contributed by atoms with Gasteiger partial charge in [-0.15, -0.1) is 0 Å². The fourth-order valence-electron chi connectivity index (χ4n) is 2.56. The Morgan fingerprint density at radius 2 is 1.88 bits per heavy atom. The van der Waals surface area contributed by atoms with Crippen LogP contribution >= 0.6 is 0 Å². The third-order valence-electron chi connectivity index (χ3n) is 4.18. The number of nitrogens with zero attached hydrogens (tertiary/aromatic N) is 2. The molecule has 0 bridgehead atoms. The van der Waals surface area contributed by atoms with Gasteiger partial charge in [-0.3, -0.25) is 14.3 Å². The fourth-order valence-corrected chi connectivity index (χ4v) is 2.56. The first kappa shape index (κ1) is 18.7. The van der Waals surface area contributed by atoms with Crippen LogP contribution in [0.1, 0.15) is 57.3 Å². The summed E-state index contributed by atoms with van der Waals surface area (Å²) in [6, 6.07) is 8.36. The lowest BCUT2D eigenvalue weighted by molar-refractivity contribution is -0.137. The molecule has 0 spiro atoms. The van der Waals surface area contributed by atoms with Gasteiger partial charge in [-0.2, -0.15) is 5.10 Å². The molecule has 6 nitrogen and oxygen atoms in total. The number of carboxylic acid groups (broad SMARTS) is 1. The first-order chi connectivity index (χ1) is 11.7. The molecule has 2 aromatic rings. The molecule has 2 rings (SSSR count). The molecule has 1 aromatic heterocycles. The maximum atomic E-state index is 12.5. The number of amides is 1. The van der Waals surface area contributed by atoms with Gasteiger partial charge in [-0.25, -0.2) is 0 Å². The SMILES string of the molecule is CC(C(=O)NC(CC(=O)O)c1ccc(C(C)(C)C)cc1)n1cccn1. The van der Waals surface area contributed by atoms with Gasteiger partial charge in [-0.1, -0.05) is 45.0 Å². The van der Waals surface area contributed by atoms with Crippen LogP contribution in [0.25, 0.3) is 0 Å². The Balaban J connectivity index is 2.18. The number of aliphatic carboxylic acids is 1. The van der Waals surface area contributed by atoms with Crippen LogP contribution in [0.3, 0.4) is 0 Å². The molecule has 2 N–H and O–H groups in total. The molecule has 0 aliphatic rings. The number of carboxylic acids is 1. The Hall–Kier alpha value is -2.63. The van der Waals surface area contributed by atoms with Gasteiger partial charge in [-0.05, 0) is 29.5 Å². The quantitative estimate of drug-likeness (QED) is 0.844. The van der Waals surface area contributed by atoms with Crippen molar-refractivity contribution in [3.63, 3.8) is 0 Å². The molecule has 1 amide bonds. The average Bonchev–Trinajstić information content (AvgIpc) is 3.06. The minimum Gasteiger partial charge on any atom is -0.481 e. The van der Waals surface area contributed by atoms with E-state index in [-0.39, 0.29) is 17.7 Å². The van der Waals surface area contributed by atoms with E-state index in [2.05, 4.69) is 31.2 Å². The molecule has 0 aliphatic carbocycles. The molecule has 0 radical (unpaired) electrons. The van der Waals surface area contributed by atoms with Crippen molar-refractivity contribution in [2.45, 2.75) is 51.6 Å². The van der Waals surface area contributed by atoms with Gasteiger partial charge in [0, 0.05) is 12.4 Å². The van der Waals surface area contributed by atoms with Crippen molar-refractivity contribution in [1.82, 2.24) is 15.1 Å². The maximum absolute atomic E-state index is 12.5. The van der Waals surface area contributed by atoms with Gasteiger partial charge >= 0.3 is 5.97 Å². The van der Waals surface area contributed by atoms with E-state index in [1.165, 1.54) is 4.68 Å². The van der Waals surface area contributed by atoms with Crippen LogP contribution in [-0.4, -0.2) is 26.8 Å². The maximum Gasteiger partial charge on any atom is 0.305 e. The third-order valence-corrected chi connectivity index (χ3v) is 4.18. The summed E-state index contributed by atoms with van der Waals surface area (Å²) in [6.07, 6.45) is 3.13. The summed E-state index contributed by atoms with van der Waals surface area (Å²) in [7, 11) is 0. The molecule has 0 fully saturated rings. The minimum atomic E-state index is -0.961. The van der Waals surface area contributed by atoms with Crippen LogP contribution in [0.5, 0.6) is 0 Å². The third kappa shape index (κ3) is 4.92. The van der Waals surface area contributed by atoms with Crippen molar-refractivity contribution in [2.24, 2.45) is 0 Å². The van der Waals surface area contributed by atoms with Crippen molar-refractivity contribution < 1.29 is 14.7 Å². The normalized spacial score (nSPS) is 13.9. The highest BCUT2D eigenvalue weighted by atomic mass is 16.4. The molecule has 1 heterocycles. The zero-order valence-corrected chi connectivity index (χ0v) is 15.1. The van der Waals surface area contributed by atoms with E-state index in [1.807, 2.05) is 24.3 Å². The highest BCUT2D eigenvalue weighted by Gasteiger charge is 2.23. The van der Waals surface area contributed by atoms with Crippen LogP contribution < -0.4 is 5.32 Å². The van der Waals surface area contributed by atoms with Crippen LogP contribution in [-0.2, 0) is 15.0 Å². The molecule has 2 atom stereocenters. The van der Waals surface area contributed by atoms with E-state index in [0.717, 1.165) is 11.1 Å². The van der Waals surface area contributed by atoms with Gasteiger partial charge < -0.3 is 10.4 Å². The summed E-state index contributed by atoms with van der Waals surface area (Å²) >= 11 is 0. The van der Waals surface area contributed by atoms with Gasteiger partial charge in [0.15, 0.2) is 0 Å². The molecular weight excluding hydrogens is 318 g/mol. The van der Waals surface area contributed by atoms with Crippen molar-refractivity contribution in [1.29, 1.82) is 0 Å². The van der Waals surface area contributed by atoms with E-state index in [1.54, 1.807) is 25.4 Å². The number of rotatable bonds is 6. The number of carbonyl (C=O) groups is 2. The highest BCUT2D eigenvalue weighted by molar-refractivity contribution is 5.81. The van der Waals surface area contributed by atoms with Gasteiger partial charge in [0.05, 0.1) is 12.5 Å². The second-order valence-electron chi connectivity index (χ2n) is 7.19. The first-order valence-electron chi connectivity index (χ1n) is 8.30. The highest BCUT2D eigenvalue weighted by Crippen LogP contribution is 2.25.